The van der Waals surface area contributed by atoms with E-state index in [0.717, 1.165) is 22.4 Å². The standard InChI is InChI=1S/C14H12N2O2S/c1-8-15-12-11(7-19-13(12)14(17)16-8)9-3-5-10(18-2)6-4-9/h3-7H,1-2H3,(H,15,16,17). The van der Waals surface area contributed by atoms with Gasteiger partial charge in [-0.05, 0) is 24.6 Å². The van der Waals surface area contributed by atoms with E-state index < -0.39 is 0 Å². The van der Waals surface area contributed by atoms with Crippen LogP contribution in [0.3, 0.4) is 0 Å². The fourth-order valence-electron chi connectivity index (χ4n) is 2.02. The second-order valence-electron chi connectivity index (χ2n) is 4.21. The number of methoxy groups -OCH3 is 1. The summed E-state index contributed by atoms with van der Waals surface area (Å²) in [6.45, 7) is 1.79. The van der Waals surface area contributed by atoms with E-state index in [1.165, 1.54) is 11.3 Å². The molecule has 0 bridgehead atoms. The number of aryl methyl sites for hydroxylation is 1. The summed E-state index contributed by atoms with van der Waals surface area (Å²) in [5, 5.41) is 1.97. The van der Waals surface area contributed by atoms with Crippen LogP contribution in [0.25, 0.3) is 21.3 Å². The number of nitrogens with zero attached hydrogens (tertiary/aromatic N) is 1. The highest BCUT2D eigenvalue weighted by molar-refractivity contribution is 7.17. The monoisotopic (exact) mass is 272 g/mol. The SMILES string of the molecule is COc1ccc(-c2csc3c(=O)[nH]c(C)nc23)cc1. The largest absolute Gasteiger partial charge is 0.497 e. The number of rotatable bonds is 2. The van der Waals surface area contributed by atoms with Crippen molar-refractivity contribution in [2.45, 2.75) is 6.92 Å². The normalized spacial score (nSPS) is 10.8. The molecule has 96 valence electrons. The number of aromatic nitrogens is 2. The van der Waals surface area contributed by atoms with Gasteiger partial charge in [0.15, 0.2) is 0 Å². The number of aromatic amines is 1. The first-order valence-corrected chi connectivity index (χ1v) is 6.69. The van der Waals surface area contributed by atoms with Gasteiger partial charge < -0.3 is 9.72 Å². The Morgan fingerprint density at radius 3 is 2.68 bits per heavy atom. The molecule has 0 aliphatic heterocycles. The number of H-pyrrole nitrogens is 1. The summed E-state index contributed by atoms with van der Waals surface area (Å²) in [4.78, 5) is 19.0. The molecular formula is C14H12N2O2S. The highest BCUT2D eigenvalue weighted by Gasteiger charge is 2.11. The number of hydrogen-bond donors (Lipinski definition) is 1. The zero-order valence-electron chi connectivity index (χ0n) is 10.6. The van der Waals surface area contributed by atoms with Gasteiger partial charge in [-0.15, -0.1) is 11.3 Å². The van der Waals surface area contributed by atoms with Gasteiger partial charge in [0.1, 0.15) is 16.3 Å². The molecule has 0 aliphatic carbocycles. The Bertz CT molecular complexity index is 787. The van der Waals surface area contributed by atoms with Crippen molar-refractivity contribution in [1.82, 2.24) is 9.97 Å². The summed E-state index contributed by atoms with van der Waals surface area (Å²) in [5.74, 6) is 1.44. The average molecular weight is 272 g/mol. The number of thiophene rings is 1. The van der Waals surface area contributed by atoms with Crippen LogP contribution >= 0.6 is 11.3 Å². The van der Waals surface area contributed by atoms with Gasteiger partial charge in [0.25, 0.3) is 5.56 Å². The van der Waals surface area contributed by atoms with Gasteiger partial charge >= 0.3 is 0 Å². The molecule has 3 aromatic rings. The van der Waals surface area contributed by atoms with Crippen LogP contribution in [0.4, 0.5) is 0 Å². The zero-order chi connectivity index (χ0) is 13.4. The van der Waals surface area contributed by atoms with Gasteiger partial charge in [0.2, 0.25) is 0 Å². The van der Waals surface area contributed by atoms with Crippen LogP contribution in [0.15, 0.2) is 34.4 Å². The third-order valence-electron chi connectivity index (χ3n) is 2.95. The molecule has 5 heteroatoms. The van der Waals surface area contributed by atoms with E-state index >= 15 is 0 Å². The first kappa shape index (κ1) is 11.9. The molecule has 0 fully saturated rings. The molecule has 0 spiro atoms. The molecule has 0 amide bonds. The van der Waals surface area contributed by atoms with Gasteiger partial charge in [-0.3, -0.25) is 4.79 Å². The minimum absolute atomic E-state index is 0.0766. The quantitative estimate of drug-likeness (QED) is 0.780. The van der Waals surface area contributed by atoms with E-state index in [1.54, 1.807) is 14.0 Å². The lowest BCUT2D eigenvalue weighted by molar-refractivity contribution is 0.415. The summed E-state index contributed by atoms with van der Waals surface area (Å²) in [6.07, 6.45) is 0. The van der Waals surface area contributed by atoms with Crippen molar-refractivity contribution in [3.05, 3.63) is 45.8 Å². The maximum Gasteiger partial charge on any atom is 0.268 e. The molecule has 2 heterocycles. The Morgan fingerprint density at radius 2 is 2.00 bits per heavy atom. The van der Waals surface area contributed by atoms with E-state index in [0.29, 0.717) is 10.5 Å². The Labute approximate surface area is 113 Å². The first-order chi connectivity index (χ1) is 9.19. The minimum atomic E-state index is -0.0766. The molecule has 0 atom stereocenters. The van der Waals surface area contributed by atoms with Gasteiger partial charge in [0, 0.05) is 10.9 Å². The minimum Gasteiger partial charge on any atom is -0.497 e. The lowest BCUT2D eigenvalue weighted by Gasteiger charge is -2.02. The third-order valence-corrected chi connectivity index (χ3v) is 3.91. The van der Waals surface area contributed by atoms with Crippen molar-refractivity contribution in [1.29, 1.82) is 0 Å². The van der Waals surface area contributed by atoms with Crippen molar-refractivity contribution in [3.63, 3.8) is 0 Å². The summed E-state index contributed by atoms with van der Waals surface area (Å²) >= 11 is 1.42. The molecule has 0 saturated heterocycles. The maximum absolute atomic E-state index is 11.8. The Hall–Kier alpha value is -2.14. The summed E-state index contributed by atoms with van der Waals surface area (Å²) in [7, 11) is 1.64. The van der Waals surface area contributed by atoms with Gasteiger partial charge in [0.05, 0.1) is 12.6 Å². The molecular weight excluding hydrogens is 260 g/mol. The molecule has 0 aliphatic rings. The number of benzene rings is 1. The van der Waals surface area contributed by atoms with E-state index in [-0.39, 0.29) is 5.56 Å². The van der Waals surface area contributed by atoms with E-state index in [2.05, 4.69) is 9.97 Å². The number of ether oxygens (including phenoxy) is 1. The Kier molecular flexibility index (Phi) is 2.83. The molecule has 0 radical (unpaired) electrons. The maximum atomic E-state index is 11.8. The van der Waals surface area contributed by atoms with Gasteiger partial charge in [-0.25, -0.2) is 4.98 Å². The van der Waals surface area contributed by atoms with Crippen molar-refractivity contribution in [2.24, 2.45) is 0 Å². The van der Waals surface area contributed by atoms with Crippen molar-refractivity contribution >= 4 is 21.6 Å². The summed E-state index contributed by atoms with van der Waals surface area (Å²) < 4.78 is 5.81. The highest BCUT2D eigenvalue weighted by atomic mass is 32.1. The van der Waals surface area contributed by atoms with Crippen LogP contribution in [-0.4, -0.2) is 17.1 Å². The lowest BCUT2D eigenvalue weighted by atomic mass is 10.1. The Balaban J connectivity index is 2.22. The number of nitrogens with one attached hydrogen (secondary N) is 1. The van der Waals surface area contributed by atoms with Crippen LogP contribution in [0.1, 0.15) is 5.82 Å². The average Bonchev–Trinajstić information content (AvgIpc) is 2.83. The molecule has 2 aromatic heterocycles. The van der Waals surface area contributed by atoms with E-state index in [4.69, 9.17) is 4.74 Å². The number of fused-ring (bicyclic) bond motifs is 1. The third kappa shape index (κ3) is 2.02. The van der Waals surface area contributed by atoms with Crippen molar-refractivity contribution in [3.8, 4) is 16.9 Å². The smallest absolute Gasteiger partial charge is 0.268 e. The summed E-state index contributed by atoms with van der Waals surface area (Å²) in [5.41, 5.74) is 2.70. The van der Waals surface area contributed by atoms with Crippen molar-refractivity contribution < 1.29 is 4.74 Å². The van der Waals surface area contributed by atoms with Gasteiger partial charge in [-0.2, -0.15) is 0 Å². The molecule has 0 saturated carbocycles. The number of hydrogen-bond acceptors (Lipinski definition) is 4. The predicted molar refractivity (Wildman–Crippen MR) is 77.0 cm³/mol. The Morgan fingerprint density at radius 1 is 1.26 bits per heavy atom. The fourth-order valence-corrected chi connectivity index (χ4v) is 2.92. The van der Waals surface area contributed by atoms with Gasteiger partial charge in [-0.1, -0.05) is 12.1 Å². The zero-order valence-corrected chi connectivity index (χ0v) is 11.4. The predicted octanol–water partition coefficient (Wildman–Crippen LogP) is 2.97. The first-order valence-electron chi connectivity index (χ1n) is 5.81. The topological polar surface area (TPSA) is 55.0 Å². The van der Waals surface area contributed by atoms with Crippen LogP contribution in [-0.2, 0) is 0 Å². The van der Waals surface area contributed by atoms with E-state index in [9.17, 15) is 4.79 Å². The van der Waals surface area contributed by atoms with Crippen LogP contribution < -0.4 is 10.3 Å². The lowest BCUT2D eigenvalue weighted by Crippen LogP contribution is -2.07. The molecule has 4 nitrogen and oxygen atoms in total. The van der Waals surface area contributed by atoms with Crippen LogP contribution in [0.5, 0.6) is 5.75 Å². The molecule has 0 unspecified atom stereocenters. The highest BCUT2D eigenvalue weighted by Crippen LogP contribution is 2.31. The van der Waals surface area contributed by atoms with Crippen LogP contribution in [0.2, 0.25) is 0 Å². The summed E-state index contributed by atoms with van der Waals surface area (Å²) in [6, 6.07) is 7.74. The second-order valence-corrected chi connectivity index (χ2v) is 5.09. The van der Waals surface area contributed by atoms with Crippen molar-refractivity contribution in [2.75, 3.05) is 7.11 Å². The van der Waals surface area contributed by atoms with E-state index in [1.807, 2.05) is 29.6 Å². The fraction of sp³-hybridized carbons (Fsp3) is 0.143. The van der Waals surface area contributed by atoms with Crippen LogP contribution in [0, 0.1) is 6.92 Å². The molecule has 1 aromatic carbocycles. The molecule has 3 rings (SSSR count). The molecule has 19 heavy (non-hydrogen) atoms. The molecule has 1 N–H and O–H groups in total. The second kappa shape index (κ2) is 4.51.